The zero-order chi connectivity index (χ0) is 18.9. The van der Waals surface area contributed by atoms with Crippen LogP contribution < -0.4 is 0 Å². The number of fused-ring (bicyclic) bond motifs is 3. The predicted octanol–water partition coefficient (Wildman–Crippen LogP) is 3.93. The summed E-state index contributed by atoms with van der Waals surface area (Å²) in [5, 5.41) is 22.3. The van der Waals surface area contributed by atoms with E-state index in [1.165, 1.54) is 11.8 Å². The van der Waals surface area contributed by atoms with Crippen LogP contribution in [-0.4, -0.2) is 35.2 Å². The second kappa shape index (κ2) is 7.34. The van der Waals surface area contributed by atoms with Crippen LogP contribution in [0.2, 0.25) is 0 Å². The van der Waals surface area contributed by atoms with Crippen LogP contribution in [-0.2, 0) is 9.53 Å². The van der Waals surface area contributed by atoms with Gasteiger partial charge in [-0.15, -0.1) is 5.16 Å². The van der Waals surface area contributed by atoms with Gasteiger partial charge in [0.15, 0.2) is 0 Å². The molecule has 6 atom stereocenters. The van der Waals surface area contributed by atoms with Crippen LogP contribution in [0.1, 0.15) is 65.7 Å². The fourth-order valence-corrected chi connectivity index (χ4v) is 6.11. The molecule has 2 fully saturated rings. The zero-order valence-electron chi connectivity index (χ0n) is 16.3. The van der Waals surface area contributed by atoms with E-state index in [0.29, 0.717) is 24.9 Å². The number of aliphatic hydroxyl groups excluding tert-OH is 1. The minimum absolute atomic E-state index is 0.109. The molecule has 3 rings (SSSR count). The molecular formula is C21H33NO4. The van der Waals surface area contributed by atoms with E-state index in [1.54, 1.807) is 0 Å². The number of carbonyl (C=O) groups is 1. The summed E-state index contributed by atoms with van der Waals surface area (Å²) in [7, 11) is 0. The summed E-state index contributed by atoms with van der Waals surface area (Å²) in [6.07, 6.45) is 9.65. The summed E-state index contributed by atoms with van der Waals surface area (Å²) in [5.41, 5.74) is 0.993. The van der Waals surface area contributed by atoms with Crippen molar-refractivity contribution in [1.29, 1.82) is 0 Å². The lowest BCUT2D eigenvalue weighted by Gasteiger charge is -2.57. The molecule has 0 heterocycles. The molecule has 2 N–H and O–H groups in total. The van der Waals surface area contributed by atoms with Crippen molar-refractivity contribution in [3.63, 3.8) is 0 Å². The van der Waals surface area contributed by atoms with E-state index in [0.717, 1.165) is 38.5 Å². The number of aliphatic hydroxyl groups is 1. The minimum atomic E-state index is -0.533. The van der Waals surface area contributed by atoms with Gasteiger partial charge in [0.25, 0.3) is 0 Å². The second-order valence-corrected chi connectivity index (χ2v) is 8.87. The summed E-state index contributed by atoms with van der Waals surface area (Å²) in [4.78, 5) is 12.8. The van der Waals surface area contributed by atoms with Gasteiger partial charge in [0, 0.05) is 6.21 Å². The van der Waals surface area contributed by atoms with Gasteiger partial charge in [-0.3, -0.25) is 4.79 Å². The normalized spacial score (nSPS) is 42.7. The molecule has 146 valence electrons. The Balaban J connectivity index is 1.94. The monoisotopic (exact) mass is 363 g/mol. The Morgan fingerprint density at radius 1 is 1.38 bits per heavy atom. The number of ether oxygens (including phenoxy) is 1. The van der Waals surface area contributed by atoms with Crippen molar-refractivity contribution in [3.05, 3.63) is 11.6 Å². The Kier molecular flexibility index (Phi) is 5.48. The average Bonchev–Trinajstić information content (AvgIpc) is 2.61. The largest absolute Gasteiger partial charge is 0.466 e. The Hall–Kier alpha value is -1.36. The van der Waals surface area contributed by atoms with Crippen molar-refractivity contribution in [2.45, 2.75) is 71.8 Å². The van der Waals surface area contributed by atoms with Crippen molar-refractivity contribution < 1.29 is 19.8 Å². The lowest BCUT2D eigenvalue weighted by molar-refractivity contribution is -0.166. The third-order valence-corrected chi connectivity index (χ3v) is 7.65. The maximum Gasteiger partial charge on any atom is 0.312 e. The molecule has 3 aliphatic rings. The predicted molar refractivity (Wildman–Crippen MR) is 100 cm³/mol. The van der Waals surface area contributed by atoms with E-state index in [4.69, 9.17) is 9.94 Å². The average molecular weight is 363 g/mol. The van der Waals surface area contributed by atoms with Crippen LogP contribution in [0.5, 0.6) is 0 Å². The van der Waals surface area contributed by atoms with E-state index in [-0.39, 0.29) is 23.4 Å². The topological polar surface area (TPSA) is 79.1 Å². The number of hydrogen-bond acceptors (Lipinski definition) is 5. The Morgan fingerprint density at radius 3 is 2.85 bits per heavy atom. The van der Waals surface area contributed by atoms with Crippen LogP contribution in [0.15, 0.2) is 16.8 Å². The first-order chi connectivity index (χ1) is 12.4. The summed E-state index contributed by atoms with van der Waals surface area (Å²) in [6, 6.07) is 0. The van der Waals surface area contributed by atoms with E-state index < -0.39 is 5.41 Å². The van der Waals surface area contributed by atoms with Gasteiger partial charge in [-0.25, -0.2) is 0 Å². The van der Waals surface area contributed by atoms with Gasteiger partial charge in [-0.2, -0.15) is 0 Å². The molecule has 26 heavy (non-hydrogen) atoms. The molecule has 0 saturated heterocycles. The van der Waals surface area contributed by atoms with E-state index in [9.17, 15) is 9.90 Å². The Labute approximate surface area is 156 Å². The lowest BCUT2D eigenvalue weighted by atomic mass is 9.47. The standard InChI is InChI=1S/C21H33NO4/c1-4-26-19(24)21(3)11-8-17-16(18(21)9-12-22-25)6-5-14-13-15(23)7-10-20(14,17)2/h5,12,15-18,23,25H,4,6-11,13H2,1-3H3/b22-12+/t15?,16?,17?,18?,20-,21-/m0/s1. The maximum atomic E-state index is 12.8. The highest BCUT2D eigenvalue weighted by Gasteiger charge is 2.57. The van der Waals surface area contributed by atoms with Gasteiger partial charge in [-0.1, -0.05) is 18.6 Å². The third-order valence-electron chi connectivity index (χ3n) is 7.65. The van der Waals surface area contributed by atoms with Crippen molar-refractivity contribution >= 4 is 12.2 Å². The van der Waals surface area contributed by atoms with Gasteiger partial charge >= 0.3 is 5.97 Å². The van der Waals surface area contributed by atoms with Crippen molar-refractivity contribution in [3.8, 4) is 0 Å². The number of carbonyl (C=O) groups excluding carboxylic acids is 1. The molecule has 0 bridgehead atoms. The molecule has 0 aromatic heterocycles. The van der Waals surface area contributed by atoms with Crippen molar-refractivity contribution in [1.82, 2.24) is 0 Å². The highest BCUT2D eigenvalue weighted by atomic mass is 16.5. The van der Waals surface area contributed by atoms with Gasteiger partial charge < -0.3 is 15.1 Å². The van der Waals surface area contributed by atoms with Crippen molar-refractivity contribution in [2.24, 2.45) is 33.7 Å². The van der Waals surface area contributed by atoms with Gasteiger partial charge in [0.1, 0.15) is 0 Å². The summed E-state index contributed by atoms with van der Waals surface area (Å²) >= 11 is 0. The maximum absolute atomic E-state index is 12.8. The summed E-state index contributed by atoms with van der Waals surface area (Å²) in [5.74, 6) is 0.876. The fraction of sp³-hybridized carbons (Fsp3) is 0.810. The van der Waals surface area contributed by atoms with Crippen LogP contribution in [0.25, 0.3) is 0 Å². The van der Waals surface area contributed by atoms with E-state index in [2.05, 4.69) is 18.2 Å². The molecule has 2 saturated carbocycles. The minimum Gasteiger partial charge on any atom is -0.466 e. The number of allylic oxidation sites excluding steroid dienone is 1. The van der Waals surface area contributed by atoms with E-state index in [1.807, 2.05) is 13.8 Å². The second-order valence-electron chi connectivity index (χ2n) is 8.87. The molecule has 0 aliphatic heterocycles. The molecule has 4 unspecified atom stereocenters. The number of rotatable bonds is 4. The molecule has 0 spiro atoms. The van der Waals surface area contributed by atoms with Gasteiger partial charge in [0.2, 0.25) is 0 Å². The molecule has 5 heteroatoms. The molecule has 0 radical (unpaired) electrons. The van der Waals surface area contributed by atoms with Gasteiger partial charge in [0.05, 0.1) is 18.1 Å². The third kappa shape index (κ3) is 3.08. The molecule has 0 aromatic carbocycles. The summed E-state index contributed by atoms with van der Waals surface area (Å²) in [6.45, 7) is 6.62. The molecule has 0 aromatic rings. The van der Waals surface area contributed by atoms with Crippen LogP contribution >= 0.6 is 0 Å². The number of hydrogen-bond donors (Lipinski definition) is 2. The van der Waals surface area contributed by atoms with Crippen molar-refractivity contribution in [2.75, 3.05) is 6.61 Å². The summed E-state index contributed by atoms with van der Waals surface area (Å²) < 4.78 is 5.43. The number of oxime groups is 1. The first-order valence-corrected chi connectivity index (χ1v) is 10.1. The fourth-order valence-electron chi connectivity index (χ4n) is 6.11. The molecule has 3 aliphatic carbocycles. The van der Waals surface area contributed by atoms with Crippen LogP contribution in [0.3, 0.4) is 0 Å². The molecular weight excluding hydrogens is 330 g/mol. The SMILES string of the molecule is CCOC(=O)[C@@]1(C)CCC2C(CC=C3CC(O)CC[C@@]32C)C1C/C=N/O. The van der Waals surface area contributed by atoms with Crippen LogP contribution in [0, 0.1) is 28.6 Å². The Morgan fingerprint density at radius 2 is 2.15 bits per heavy atom. The quantitative estimate of drug-likeness (QED) is 0.261. The molecule has 5 nitrogen and oxygen atoms in total. The van der Waals surface area contributed by atoms with Gasteiger partial charge in [-0.05, 0) is 82.0 Å². The molecule has 0 amide bonds. The van der Waals surface area contributed by atoms with E-state index >= 15 is 0 Å². The Bertz CT molecular complexity index is 601. The first kappa shape index (κ1) is 19.4. The number of esters is 1. The smallest absolute Gasteiger partial charge is 0.312 e. The number of nitrogens with zero attached hydrogens (tertiary/aromatic N) is 1. The first-order valence-electron chi connectivity index (χ1n) is 10.1. The van der Waals surface area contributed by atoms with Crippen LogP contribution in [0.4, 0.5) is 0 Å². The highest BCUT2D eigenvalue weighted by Crippen LogP contribution is 2.61. The highest BCUT2D eigenvalue weighted by molar-refractivity contribution is 5.78. The lowest BCUT2D eigenvalue weighted by Crippen LogP contribution is -2.53. The zero-order valence-corrected chi connectivity index (χ0v) is 16.3.